The van der Waals surface area contributed by atoms with Crippen LogP contribution in [0.3, 0.4) is 0 Å². The van der Waals surface area contributed by atoms with Gasteiger partial charge in [-0.25, -0.2) is 8.42 Å². The smallest absolute Gasteiger partial charge is 0.239 e. The summed E-state index contributed by atoms with van der Waals surface area (Å²) in [5, 5.41) is 5.47. The van der Waals surface area contributed by atoms with Crippen molar-refractivity contribution in [2.45, 2.75) is 13.5 Å². The molecule has 138 valence electrons. The van der Waals surface area contributed by atoms with Crippen LogP contribution in [0.5, 0.6) is 0 Å². The zero-order valence-electron chi connectivity index (χ0n) is 14.2. The van der Waals surface area contributed by atoms with Gasteiger partial charge in [0, 0.05) is 17.3 Å². The molecule has 0 atom stereocenters. The Bertz CT molecular complexity index is 896. The maximum absolute atomic E-state index is 12.0. The summed E-state index contributed by atoms with van der Waals surface area (Å²) in [5.41, 5.74) is 2.20. The molecule has 0 saturated heterocycles. The number of rotatable bonds is 7. The van der Waals surface area contributed by atoms with Gasteiger partial charge in [0.1, 0.15) is 11.5 Å². The molecule has 8 heteroatoms. The SMILES string of the molecule is Cc1ccc(NC(=O)CS(=O)(=O)CC(=O)NCc2ccccc2Cl)cc1. The molecule has 0 aliphatic heterocycles. The lowest BCUT2D eigenvalue weighted by Crippen LogP contribution is -2.33. The number of halogens is 1. The third-order valence-electron chi connectivity index (χ3n) is 3.47. The van der Waals surface area contributed by atoms with Gasteiger partial charge < -0.3 is 10.6 Å². The van der Waals surface area contributed by atoms with Gasteiger partial charge in [0.05, 0.1) is 0 Å². The van der Waals surface area contributed by atoms with Crippen LogP contribution < -0.4 is 10.6 Å². The van der Waals surface area contributed by atoms with Crippen molar-refractivity contribution in [1.29, 1.82) is 0 Å². The van der Waals surface area contributed by atoms with Gasteiger partial charge in [-0.15, -0.1) is 0 Å². The molecule has 2 amide bonds. The standard InChI is InChI=1S/C18H19ClN2O4S/c1-13-6-8-15(9-7-13)21-18(23)12-26(24,25)11-17(22)20-10-14-4-2-3-5-16(14)19/h2-9H,10-12H2,1H3,(H,20,22)(H,21,23). The Balaban J connectivity index is 1.85. The molecule has 0 unspecified atom stereocenters. The van der Waals surface area contributed by atoms with E-state index in [9.17, 15) is 18.0 Å². The van der Waals surface area contributed by atoms with Crippen LogP contribution in [-0.4, -0.2) is 31.7 Å². The molecule has 0 bridgehead atoms. The van der Waals surface area contributed by atoms with Crippen molar-refractivity contribution < 1.29 is 18.0 Å². The molecule has 2 aromatic carbocycles. The average Bonchev–Trinajstić information content (AvgIpc) is 2.55. The highest BCUT2D eigenvalue weighted by molar-refractivity contribution is 7.92. The van der Waals surface area contributed by atoms with Crippen molar-refractivity contribution in [2.24, 2.45) is 0 Å². The Hall–Kier alpha value is -2.38. The third kappa shape index (κ3) is 6.50. The molecule has 0 fully saturated rings. The number of carbonyl (C=O) groups excluding carboxylic acids is 2. The van der Waals surface area contributed by atoms with Crippen molar-refractivity contribution >= 4 is 38.9 Å². The van der Waals surface area contributed by atoms with E-state index in [4.69, 9.17) is 11.6 Å². The maximum Gasteiger partial charge on any atom is 0.239 e. The summed E-state index contributed by atoms with van der Waals surface area (Å²) >= 11 is 5.97. The van der Waals surface area contributed by atoms with Gasteiger partial charge >= 0.3 is 0 Å². The topological polar surface area (TPSA) is 92.3 Å². The first kappa shape index (κ1) is 19.9. The Morgan fingerprint density at radius 3 is 2.23 bits per heavy atom. The van der Waals surface area contributed by atoms with E-state index in [1.54, 1.807) is 48.5 Å². The summed E-state index contributed by atoms with van der Waals surface area (Å²) in [5.74, 6) is -2.90. The van der Waals surface area contributed by atoms with Gasteiger partial charge in [-0.3, -0.25) is 9.59 Å². The normalized spacial score (nSPS) is 11.0. The first-order chi connectivity index (χ1) is 12.2. The molecule has 2 aromatic rings. The number of hydrogen-bond acceptors (Lipinski definition) is 4. The molecule has 26 heavy (non-hydrogen) atoms. The average molecular weight is 395 g/mol. The van der Waals surface area contributed by atoms with Crippen LogP contribution in [0.1, 0.15) is 11.1 Å². The molecule has 0 aromatic heterocycles. The summed E-state index contributed by atoms with van der Waals surface area (Å²) in [7, 11) is -3.88. The predicted octanol–water partition coefficient (Wildman–Crippen LogP) is 2.32. The van der Waals surface area contributed by atoms with Gasteiger partial charge in [-0.1, -0.05) is 47.5 Å². The first-order valence-corrected chi connectivity index (χ1v) is 10.0. The van der Waals surface area contributed by atoms with E-state index in [1.165, 1.54) is 0 Å². The molecule has 0 heterocycles. The third-order valence-corrected chi connectivity index (χ3v) is 5.24. The van der Waals surface area contributed by atoms with E-state index >= 15 is 0 Å². The summed E-state index contributed by atoms with van der Waals surface area (Å²) in [6, 6.07) is 13.9. The van der Waals surface area contributed by atoms with E-state index in [2.05, 4.69) is 10.6 Å². The zero-order valence-corrected chi connectivity index (χ0v) is 15.7. The minimum atomic E-state index is -3.88. The quantitative estimate of drug-likeness (QED) is 0.753. The highest BCUT2D eigenvalue weighted by atomic mass is 35.5. The van der Waals surface area contributed by atoms with Crippen molar-refractivity contribution in [3.63, 3.8) is 0 Å². The molecule has 0 aliphatic carbocycles. The molecule has 0 spiro atoms. The largest absolute Gasteiger partial charge is 0.351 e. The van der Waals surface area contributed by atoms with E-state index in [-0.39, 0.29) is 6.54 Å². The van der Waals surface area contributed by atoms with Gasteiger partial charge in [-0.05, 0) is 30.7 Å². The van der Waals surface area contributed by atoms with Gasteiger partial charge in [0.25, 0.3) is 0 Å². The molecule has 2 N–H and O–H groups in total. The minimum Gasteiger partial charge on any atom is -0.351 e. The molecule has 0 radical (unpaired) electrons. The number of nitrogens with one attached hydrogen (secondary N) is 2. The Kier molecular flexibility index (Phi) is 6.76. The summed E-state index contributed by atoms with van der Waals surface area (Å²) in [6.07, 6.45) is 0. The lowest BCUT2D eigenvalue weighted by Gasteiger charge is -2.08. The second kappa shape index (κ2) is 8.82. The Labute approximate surface area is 157 Å². The van der Waals surface area contributed by atoms with Crippen LogP contribution in [0.2, 0.25) is 5.02 Å². The summed E-state index contributed by atoms with van der Waals surface area (Å²) < 4.78 is 24.1. The maximum atomic E-state index is 12.0. The molecule has 2 rings (SSSR count). The number of carbonyl (C=O) groups is 2. The highest BCUT2D eigenvalue weighted by Crippen LogP contribution is 2.14. The number of anilines is 1. The second-order valence-electron chi connectivity index (χ2n) is 5.81. The number of hydrogen-bond donors (Lipinski definition) is 2. The number of aryl methyl sites for hydroxylation is 1. The fraction of sp³-hybridized carbons (Fsp3) is 0.222. The lowest BCUT2D eigenvalue weighted by molar-refractivity contribution is -0.118. The number of sulfone groups is 1. The van der Waals surface area contributed by atoms with E-state index in [0.717, 1.165) is 5.56 Å². The second-order valence-corrected chi connectivity index (χ2v) is 8.29. The van der Waals surface area contributed by atoms with Crippen molar-refractivity contribution in [2.75, 3.05) is 16.8 Å². The first-order valence-electron chi connectivity index (χ1n) is 7.82. The Morgan fingerprint density at radius 2 is 1.58 bits per heavy atom. The van der Waals surface area contributed by atoms with Gasteiger partial charge in [-0.2, -0.15) is 0 Å². The number of benzene rings is 2. The van der Waals surface area contributed by atoms with Crippen LogP contribution in [0.25, 0.3) is 0 Å². The van der Waals surface area contributed by atoms with Crippen molar-refractivity contribution in [3.05, 3.63) is 64.7 Å². The zero-order chi connectivity index (χ0) is 19.2. The van der Waals surface area contributed by atoms with Crippen LogP contribution in [0.15, 0.2) is 48.5 Å². The molecule has 0 aliphatic rings. The van der Waals surface area contributed by atoms with Crippen LogP contribution in [-0.2, 0) is 26.0 Å². The van der Waals surface area contributed by atoms with E-state index < -0.39 is 33.2 Å². The van der Waals surface area contributed by atoms with Crippen LogP contribution in [0.4, 0.5) is 5.69 Å². The number of amides is 2. The van der Waals surface area contributed by atoms with Crippen molar-refractivity contribution in [3.8, 4) is 0 Å². The van der Waals surface area contributed by atoms with Gasteiger partial charge in [0.15, 0.2) is 9.84 Å². The Morgan fingerprint density at radius 1 is 0.962 bits per heavy atom. The van der Waals surface area contributed by atoms with Gasteiger partial charge in [0.2, 0.25) is 11.8 Å². The monoisotopic (exact) mass is 394 g/mol. The van der Waals surface area contributed by atoms with Crippen molar-refractivity contribution in [1.82, 2.24) is 5.32 Å². The van der Waals surface area contributed by atoms with E-state index in [0.29, 0.717) is 16.3 Å². The summed E-state index contributed by atoms with van der Waals surface area (Å²) in [6.45, 7) is 2.01. The molecular formula is C18H19ClN2O4S. The van der Waals surface area contributed by atoms with Crippen LogP contribution in [0, 0.1) is 6.92 Å². The minimum absolute atomic E-state index is 0.115. The molecule has 6 nitrogen and oxygen atoms in total. The molecule has 0 saturated carbocycles. The predicted molar refractivity (Wildman–Crippen MR) is 102 cm³/mol. The fourth-order valence-electron chi connectivity index (χ4n) is 2.17. The van der Waals surface area contributed by atoms with E-state index in [1.807, 2.05) is 6.92 Å². The fourth-order valence-corrected chi connectivity index (χ4v) is 3.45. The van der Waals surface area contributed by atoms with Crippen LogP contribution >= 0.6 is 11.6 Å². The summed E-state index contributed by atoms with van der Waals surface area (Å²) in [4.78, 5) is 23.7. The lowest BCUT2D eigenvalue weighted by atomic mass is 10.2. The molecular weight excluding hydrogens is 376 g/mol. The highest BCUT2D eigenvalue weighted by Gasteiger charge is 2.21.